The quantitative estimate of drug-likeness (QED) is 0.690. The lowest BCUT2D eigenvalue weighted by Gasteiger charge is -2.00. The van der Waals surface area contributed by atoms with Crippen molar-refractivity contribution in [1.29, 1.82) is 0 Å². The van der Waals surface area contributed by atoms with E-state index < -0.39 is 0 Å². The van der Waals surface area contributed by atoms with Gasteiger partial charge in [0.25, 0.3) is 0 Å². The third-order valence-electron chi connectivity index (χ3n) is 2.16. The van der Waals surface area contributed by atoms with E-state index in [4.69, 9.17) is 0 Å². The molecule has 0 bridgehead atoms. The summed E-state index contributed by atoms with van der Waals surface area (Å²) >= 11 is 1.89. The Bertz CT molecular complexity index is 236. The van der Waals surface area contributed by atoms with E-state index in [0.717, 1.165) is 25.3 Å². The van der Waals surface area contributed by atoms with Gasteiger partial charge in [0, 0.05) is 19.3 Å². The summed E-state index contributed by atoms with van der Waals surface area (Å²) in [5.41, 5.74) is 1.15. The topological polar surface area (TPSA) is 29.9 Å². The Morgan fingerprint density at radius 2 is 2.40 bits per heavy atom. The average molecular weight is 227 g/mol. The Kier molecular flexibility index (Phi) is 6.52. The monoisotopic (exact) mass is 227 g/mol. The Morgan fingerprint density at radius 1 is 1.53 bits per heavy atom. The molecule has 1 rings (SSSR count). The van der Waals surface area contributed by atoms with Crippen molar-refractivity contribution in [2.24, 2.45) is 0 Å². The van der Waals surface area contributed by atoms with Gasteiger partial charge in [0.05, 0.1) is 5.69 Å². The van der Waals surface area contributed by atoms with Crippen LogP contribution >= 0.6 is 11.8 Å². The highest BCUT2D eigenvalue weighted by Crippen LogP contribution is 2.00. The van der Waals surface area contributed by atoms with Crippen LogP contribution in [0.2, 0.25) is 0 Å². The number of rotatable bonds is 8. The summed E-state index contributed by atoms with van der Waals surface area (Å²) in [7, 11) is 0. The first kappa shape index (κ1) is 12.6. The highest BCUT2D eigenvalue weighted by atomic mass is 32.2. The summed E-state index contributed by atoms with van der Waals surface area (Å²) in [4.78, 5) is 0. The fraction of sp³-hybridized carbons (Fsp3) is 0.727. The van der Waals surface area contributed by atoms with Crippen molar-refractivity contribution in [3.8, 4) is 0 Å². The molecule has 0 aromatic carbocycles. The molecule has 0 aliphatic carbocycles. The van der Waals surface area contributed by atoms with Crippen LogP contribution in [0.3, 0.4) is 0 Å². The molecule has 0 aliphatic rings. The average Bonchev–Trinajstić information content (AvgIpc) is 2.67. The van der Waals surface area contributed by atoms with Gasteiger partial charge in [-0.1, -0.05) is 6.92 Å². The molecule has 3 nitrogen and oxygen atoms in total. The van der Waals surface area contributed by atoms with Gasteiger partial charge in [0.15, 0.2) is 0 Å². The highest BCUT2D eigenvalue weighted by molar-refractivity contribution is 7.98. The van der Waals surface area contributed by atoms with Crippen molar-refractivity contribution >= 4 is 11.8 Å². The summed E-state index contributed by atoms with van der Waals surface area (Å²) in [6.45, 7) is 5.17. The van der Waals surface area contributed by atoms with Gasteiger partial charge in [-0.3, -0.25) is 4.68 Å². The van der Waals surface area contributed by atoms with Gasteiger partial charge >= 0.3 is 0 Å². The van der Waals surface area contributed by atoms with Crippen molar-refractivity contribution in [2.45, 2.75) is 32.9 Å². The molecule has 1 N–H and O–H groups in total. The largest absolute Gasteiger partial charge is 0.311 e. The minimum Gasteiger partial charge on any atom is -0.311 e. The van der Waals surface area contributed by atoms with Crippen LogP contribution in [0, 0.1) is 0 Å². The van der Waals surface area contributed by atoms with Crippen LogP contribution in [0.1, 0.15) is 25.5 Å². The van der Waals surface area contributed by atoms with Gasteiger partial charge in [-0.2, -0.15) is 16.9 Å². The van der Waals surface area contributed by atoms with Gasteiger partial charge in [0.2, 0.25) is 0 Å². The third-order valence-corrected chi connectivity index (χ3v) is 2.86. The van der Waals surface area contributed by atoms with Crippen LogP contribution in [0.4, 0.5) is 0 Å². The zero-order valence-corrected chi connectivity index (χ0v) is 10.5. The molecule has 0 aliphatic heterocycles. The Morgan fingerprint density at radius 3 is 3.13 bits per heavy atom. The first-order valence-electron chi connectivity index (χ1n) is 5.58. The molecule has 0 fully saturated rings. The molecule has 0 unspecified atom stereocenters. The molecule has 0 amide bonds. The highest BCUT2D eigenvalue weighted by Gasteiger charge is 1.97. The Labute approximate surface area is 96.6 Å². The summed E-state index contributed by atoms with van der Waals surface area (Å²) < 4.78 is 2.04. The zero-order valence-electron chi connectivity index (χ0n) is 9.70. The minimum atomic E-state index is 0.892. The lowest BCUT2D eigenvalue weighted by Crippen LogP contribution is -2.14. The van der Waals surface area contributed by atoms with E-state index in [0.29, 0.717) is 0 Å². The van der Waals surface area contributed by atoms with E-state index in [1.165, 1.54) is 18.6 Å². The molecular weight excluding hydrogens is 206 g/mol. The fourth-order valence-electron chi connectivity index (χ4n) is 1.39. The van der Waals surface area contributed by atoms with E-state index in [-0.39, 0.29) is 0 Å². The molecule has 4 heteroatoms. The number of nitrogens with one attached hydrogen (secondary N) is 1. The standard InChI is InChI=1S/C11H21N3S/c1-3-6-12-10-11-5-8-14(13-11)7-4-9-15-2/h5,8,12H,3-4,6-7,9-10H2,1-2H3. The van der Waals surface area contributed by atoms with Crippen molar-refractivity contribution in [3.63, 3.8) is 0 Å². The van der Waals surface area contributed by atoms with Crippen molar-refractivity contribution in [1.82, 2.24) is 15.1 Å². The number of hydrogen-bond acceptors (Lipinski definition) is 3. The van der Waals surface area contributed by atoms with E-state index in [2.05, 4.69) is 35.9 Å². The minimum absolute atomic E-state index is 0.892. The zero-order chi connectivity index (χ0) is 10.9. The number of thioether (sulfide) groups is 1. The van der Waals surface area contributed by atoms with Crippen LogP contribution in [0.5, 0.6) is 0 Å². The van der Waals surface area contributed by atoms with Crippen LogP contribution in [0.15, 0.2) is 12.3 Å². The lowest BCUT2D eigenvalue weighted by molar-refractivity contribution is 0.584. The second-order valence-electron chi connectivity index (χ2n) is 3.59. The molecule has 1 aromatic heterocycles. The molecule has 15 heavy (non-hydrogen) atoms. The molecule has 86 valence electrons. The van der Waals surface area contributed by atoms with Gasteiger partial charge in [-0.05, 0) is 37.5 Å². The van der Waals surface area contributed by atoms with E-state index in [9.17, 15) is 0 Å². The molecule has 1 heterocycles. The second kappa shape index (κ2) is 7.77. The van der Waals surface area contributed by atoms with Crippen molar-refractivity contribution in [2.75, 3.05) is 18.6 Å². The van der Waals surface area contributed by atoms with Gasteiger partial charge in [-0.15, -0.1) is 0 Å². The molecular formula is C11H21N3S. The summed E-state index contributed by atoms with van der Waals surface area (Å²) in [5.74, 6) is 1.21. The molecule has 1 aromatic rings. The van der Waals surface area contributed by atoms with Crippen molar-refractivity contribution < 1.29 is 0 Å². The number of nitrogens with zero attached hydrogens (tertiary/aromatic N) is 2. The molecule has 0 spiro atoms. The number of hydrogen-bond donors (Lipinski definition) is 1. The van der Waals surface area contributed by atoms with Crippen LogP contribution in [-0.2, 0) is 13.1 Å². The molecule has 0 saturated carbocycles. The molecule has 0 saturated heterocycles. The van der Waals surface area contributed by atoms with Crippen LogP contribution in [0.25, 0.3) is 0 Å². The lowest BCUT2D eigenvalue weighted by atomic mass is 10.4. The predicted molar refractivity (Wildman–Crippen MR) is 67.2 cm³/mol. The van der Waals surface area contributed by atoms with E-state index in [1.807, 2.05) is 16.4 Å². The van der Waals surface area contributed by atoms with E-state index in [1.54, 1.807) is 0 Å². The van der Waals surface area contributed by atoms with Gasteiger partial charge in [-0.25, -0.2) is 0 Å². The number of aryl methyl sites for hydroxylation is 1. The first-order valence-corrected chi connectivity index (χ1v) is 6.98. The Hall–Kier alpha value is -0.480. The molecule has 0 atom stereocenters. The Balaban J connectivity index is 2.23. The SMILES string of the molecule is CCCNCc1ccn(CCCSC)n1. The summed E-state index contributed by atoms with van der Waals surface area (Å²) in [5, 5.41) is 7.85. The molecule has 0 radical (unpaired) electrons. The maximum absolute atomic E-state index is 4.50. The third kappa shape index (κ3) is 5.23. The second-order valence-corrected chi connectivity index (χ2v) is 4.58. The van der Waals surface area contributed by atoms with Crippen LogP contribution < -0.4 is 5.32 Å². The maximum atomic E-state index is 4.50. The normalized spacial score (nSPS) is 10.8. The van der Waals surface area contributed by atoms with Gasteiger partial charge < -0.3 is 5.32 Å². The van der Waals surface area contributed by atoms with E-state index >= 15 is 0 Å². The van der Waals surface area contributed by atoms with Gasteiger partial charge in [0.1, 0.15) is 0 Å². The van der Waals surface area contributed by atoms with Crippen molar-refractivity contribution in [3.05, 3.63) is 18.0 Å². The summed E-state index contributed by atoms with van der Waals surface area (Å²) in [6.07, 6.45) is 6.59. The summed E-state index contributed by atoms with van der Waals surface area (Å²) in [6, 6.07) is 2.10. The predicted octanol–water partition coefficient (Wildman–Crippen LogP) is 2.14. The van der Waals surface area contributed by atoms with Crippen LogP contribution in [-0.4, -0.2) is 28.3 Å². The fourth-order valence-corrected chi connectivity index (χ4v) is 1.80. The first-order chi connectivity index (χ1) is 7.36. The number of aromatic nitrogens is 2. The maximum Gasteiger partial charge on any atom is 0.0762 e. The smallest absolute Gasteiger partial charge is 0.0762 e.